The van der Waals surface area contributed by atoms with Gasteiger partial charge in [0.05, 0.1) is 6.10 Å². The van der Waals surface area contributed by atoms with Crippen molar-refractivity contribution in [2.45, 2.75) is 33.3 Å². The zero-order valence-corrected chi connectivity index (χ0v) is 18.5. The summed E-state index contributed by atoms with van der Waals surface area (Å²) in [4.78, 5) is 24.3. The van der Waals surface area contributed by atoms with Crippen LogP contribution in [0, 0.1) is 6.92 Å². The van der Waals surface area contributed by atoms with Crippen molar-refractivity contribution in [1.29, 1.82) is 0 Å². The fraction of sp³-hybridized carbons (Fsp3) is 0.286. The lowest BCUT2D eigenvalue weighted by molar-refractivity contribution is -0.123. The van der Waals surface area contributed by atoms with Gasteiger partial charge in [-0.2, -0.15) is 0 Å². The van der Waals surface area contributed by atoms with Crippen molar-refractivity contribution < 1.29 is 19.1 Å². The predicted octanol–water partition coefficient (Wildman–Crippen LogP) is 3.54. The molecule has 9 heteroatoms. The molecule has 2 amide bonds. The van der Waals surface area contributed by atoms with Gasteiger partial charge in [-0.05, 0) is 74.4 Å². The maximum atomic E-state index is 12.3. The third-order valence-electron chi connectivity index (χ3n) is 4.05. The second kappa shape index (κ2) is 11.4. The topological polar surface area (TPSA) is 88.7 Å². The summed E-state index contributed by atoms with van der Waals surface area (Å²) >= 11 is 10.9. The smallest absolute Gasteiger partial charge is 0.276 e. The zero-order valence-electron chi connectivity index (χ0n) is 17.0. The van der Waals surface area contributed by atoms with E-state index in [-0.39, 0.29) is 17.8 Å². The first kappa shape index (κ1) is 23.4. The highest BCUT2D eigenvalue weighted by Gasteiger charge is 2.11. The molecular formula is C21H24ClN3O4S. The van der Waals surface area contributed by atoms with Gasteiger partial charge in [0.25, 0.3) is 11.8 Å². The molecule has 1 unspecified atom stereocenters. The number of nitrogens with one attached hydrogen (secondary N) is 3. The van der Waals surface area contributed by atoms with Crippen molar-refractivity contribution in [3.63, 3.8) is 0 Å². The minimum absolute atomic E-state index is 0.0418. The molecule has 0 spiro atoms. The number of rotatable bonds is 7. The quantitative estimate of drug-likeness (QED) is 0.442. The number of carbonyl (C=O) groups is 2. The van der Waals surface area contributed by atoms with Crippen molar-refractivity contribution in [3.8, 4) is 11.5 Å². The number of aryl methyl sites for hydroxylation is 1. The maximum Gasteiger partial charge on any atom is 0.276 e. The predicted molar refractivity (Wildman–Crippen MR) is 120 cm³/mol. The Morgan fingerprint density at radius 2 is 1.93 bits per heavy atom. The Labute approximate surface area is 186 Å². The van der Waals surface area contributed by atoms with E-state index in [9.17, 15) is 9.59 Å². The lowest BCUT2D eigenvalue weighted by atomic mass is 10.2. The van der Waals surface area contributed by atoms with E-state index in [0.717, 1.165) is 12.0 Å². The van der Waals surface area contributed by atoms with Gasteiger partial charge in [0.2, 0.25) is 0 Å². The molecule has 3 N–H and O–H groups in total. The Bertz CT molecular complexity index is 923. The third kappa shape index (κ3) is 7.53. The number of hydrazine groups is 1. The second-order valence-electron chi connectivity index (χ2n) is 6.52. The monoisotopic (exact) mass is 449 g/mol. The van der Waals surface area contributed by atoms with Crippen LogP contribution in [0.15, 0.2) is 42.5 Å². The molecule has 7 nitrogen and oxygen atoms in total. The number of amides is 2. The Kier molecular flexibility index (Phi) is 8.89. The molecule has 1 atom stereocenters. The molecular weight excluding hydrogens is 426 g/mol. The molecule has 2 rings (SSSR count). The van der Waals surface area contributed by atoms with Crippen LogP contribution in [0.1, 0.15) is 36.2 Å². The molecule has 0 bridgehead atoms. The molecule has 0 aromatic heterocycles. The number of carbonyl (C=O) groups excluding carboxylic acids is 2. The molecule has 0 heterocycles. The van der Waals surface area contributed by atoms with Gasteiger partial charge in [-0.3, -0.25) is 25.8 Å². The summed E-state index contributed by atoms with van der Waals surface area (Å²) in [5.74, 6) is 0.248. The largest absolute Gasteiger partial charge is 0.491 e. The van der Waals surface area contributed by atoms with Gasteiger partial charge in [0.15, 0.2) is 11.7 Å². The number of hydrogen-bond acceptors (Lipinski definition) is 5. The molecule has 0 radical (unpaired) electrons. The molecule has 0 saturated carbocycles. The second-order valence-corrected chi connectivity index (χ2v) is 7.36. The Morgan fingerprint density at radius 3 is 2.63 bits per heavy atom. The van der Waals surface area contributed by atoms with E-state index < -0.39 is 11.8 Å². The van der Waals surface area contributed by atoms with Crippen molar-refractivity contribution in [2.75, 3.05) is 6.61 Å². The SMILES string of the molecule is CCC(C)Oc1cccc(C(=O)NC(=S)NNC(=O)COc2ccc(Cl)cc2C)c1. The molecule has 0 aliphatic carbocycles. The first-order valence-electron chi connectivity index (χ1n) is 9.34. The Morgan fingerprint density at radius 1 is 1.17 bits per heavy atom. The van der Waals surface area contributed by atoms with Crippen LogP contribution in [-0.2, 0) is 4.79 Å². The van der Waals surface area contributed by atoms with Crippen LogP contribution in [0.3, 0.4) is 0 Å². The number of thiocarbonyl (C=S) groups is 1. The molecule has 160 valence electrons. The molecule has 2 aromatic carbocycles. The molecule has 0 fully saturated rings. The van der Waals surface area contributed by atoms with Crippen molar-refractivity contribution in [1.82, 2.24) is 16.2 Å². The summed E-state index contributed by atoms with van der Waals surface area (Å²) in [6.45, 7) is 5.56. The van der Waals surface area contributed by atoms with Gasteiger partial charge in [-0.1, -0.05) is 24.6 Å². The third-order valence-corrected chi connectivity index (χ3v) is 4.49. The summed E-state index contributed by atoms with van der Waals surface area (Å²) in [6, 6.07) is 11.9. The Hall–Kier alpha value is -2.84. The first-order chi connectivity index (χ1) is 14.3. The molecule has 0 aliphatic heterocycles. The summed E-state index contributed by atoms with van der Waals surface area (Å²) < 4.78 is 11.1. The van der Waals surface area contributed by atoms with E-state index in [2.05, 4.69) is 16.2 Å². The number of benzene rings is 2. The van der Waals surface area contributed by atoms with Crippen LogP contribution in [0.2, 0.25) is 5.02 Å². The van der Waals surface area contributed by atoms with Crippen LogP contribution in [-0.4, -0.2) is 29.6 Å². The van der Waals surface area contributed by atoms with Crippen LogP contribution < -0.4 is 25.6 Å². The highest BCUT2D eigenvalue weighted by Crippen LogP contribution is 2.21. The molecule has 0 saturated heterocycles. The van der Waals surface area contributed by atoms with E-state index in [1.165, 1.54) is 0 Å². The van der Waals surface area contributed by atoms with Crippen molar-refractivity contribution in [2.24, 2.45) is 0 Å². The summed E-state index contributed by atoms with van der Waals surface area (Å²) in [5, 5.41) is 3.03. The van der Waals surface area contributed by atoms with Gasteiger partial charge < -0.3 is 9.47 Å². The maximum absolute atomic E-state index is 12.3. The van der Waals surface area contributed by atoms with Crippen molar-refractivity contribution in [3.05, 3.63) is 58.6 Å². The van der Waals surface area contributed by atoms with Gasteiger partial charge in [-0.15, -0.1) is 0 Å². The number of halogens is 1. The lowest BCUT2D eigenvalue weighted by Gasteiger charge is -2.14. The van der Waals surface area contributed by atoms with Crippen LogP contribution >= 0.6 is 23.8 Å². The summed E-state index contributed by atoms with van der Waals surface area (Å²) in [6.07, 6.45) is 0.894. The molecule has 30 heavy (non-hydrogen) atoms. The minimum atomic E-state index is -0.468. The fourth-order valence-electron chi connectivity index (χ4n) is 2.31. The Balaban J connectivity index is 1.79. The van der Waals surface area contributed by atoms with Gasteiger partial charge in [0, 0.05) is 10.6 Å². The summed E-state index contributed by atoms with van der Waals surface area (Å²) in [7, 11) is 0. The first-order valence-corrected chi connectivity index (χ1v) is 10.1. The van der Waals surface area contributed by atoms with Crippen LogP contribution in [0.4, 0.5) is 0 Å². The average Bonchev–Trinajstić information content (AvgIpc) is 2.71. The van der Waals surface area contributed by atoms with Gasteiger partial charge in [-0.25, -0.2) is 0 Å². The molecule has 2 aromatic rings. The standard InChI is InChI=1S/C21H24ClN3O4S/c1-4-14(3)29-17-7-5-6-15(11-17)20(27)23-21(30)25-24-19(26)12-28-18-9-8-16(22)10-13(18)2/h5-11,14H,4,12H2,1-3H3,(H,24,26)(H2,23,25,27,30). The van der Waals surface area contributed by atoms with Crippen LogP contribution in [0.25, 0.3) is 0 Å². The minimum Gasteiger partial charge on any atom is -0.491 e. The van der Waals surface area contributed by atoms with Gasteiger partial charge in [0.1, 0.15) is 11.5 Å². The van der Waals surface area contributed by atoms with E-state index in [1.807, 2.05) is 20.8 Å². The van der Waals surface area contributed by atoms with Crippen LogP contribution in [0.5, 0.6) is 11.5 Å². The highest BCUT2D eigenvalue weighted by molar-refractivity contribution is 7.80. The van der Waals surface area contributed by atoms with E-state index in [4.69, 9.17) is 33.3 Å². The number of ether oxygens (including phenoxy) is 2. The van der Waals surface area contributed by atoms with E-state index >= 15 is 0 Å². The fourth-order valence-corrected chi connectivity index (χ4v) is 2.68. The van der Waals surface area contributed by atoms with E-state index in [1.54, 1.807) is 42.5 Å². The number of hydrogen-bond donors (Lipinski definition) is 3. The lowest BCUT2D eigenvalue weighted by Crippen LogP contribution is -2.49. The molecule has 0 aliphatic rings. The summed E-state index contributed by atoms with van der Waals surface area (Å²) in [5.41, 5.74) is 6.02. The van der Waals surface area contributed by atoms with Crippen molar-refractivity contribution >= 4 is 40.7 Å². The zero-order chi connectivity index (χ0) is 22.1. The normalized spacial score (nSPS) is 11.2. The average molecular weight is 450 g/mol. The van der Waals surface area contributed by atoms with E-state index in [0.29, 0.717) is 22.1 Å². The highest BCUT2D eigenvalue weighted by atomic mass is 35.5. The van der Waals surface area contributed by atoms with Gasteiger partial charge >= 0.3 is 0 Å².